The standard InChI is InChI=1S/C12H23N3O.ClH/c16-12(10-11-2-1-3-11)14-6-9-15-7-4-13-5-8-15;/h11,13H,1-10H2,(H,14,16);1H. The van der Waals surface area contributed by atoms with E-state index in [1.807, 2.05) is 0 Å². The van der Waals surface area contributed by atoms with Gasteiger partial charge in [-0.2, -0.15) is 0 Å². The summed E-state index contributed by atoms with van der Waals surface area (Å²) in [7, 11) is 0. The quantitative estimate of drug-likeness (QED) is 0.763. The Kier molecular flexibility index (Phi) is 6.85. The minimum absolute atomic E-state index is 0. The summed E-state index contributed by atoms with van der Waals surface area (Å²) in [5, 5.41) is 6.35. The number of nitrogens with one attached hydrogen (secondary N) is 2. The van der Waals surface area contributed by atoms with Gasteiger partial charge in [0.15, 0.2) is 0 Å². The van der Waals surface area contributed by atoms with Gasteiger partial charge in [0.25, 0.3) is 0 Å². The van der Waals surface area contributed by atoms with Crippen LogP contribution in [0.25, 0.3) is 0 Å². The molecule has 2 rings (SSSR count). The molecule has 0 aromatic carbocycles. The normalized spacial score (nSPS) is 21.4. The molecule has 1 heterocycles. The Morgan fingerprint density at radius 2 is 2.00 bits per heavy atom. The van der Waals surface area contributed by atoms with Crippen LogP contribution in [0.4, 0.5) is 0 Å². The van der Waals surface area contributed by atoms with Crippen molar-refractivity contribution < 1.29 is 4.79 Å². The molecule has 0 bridgehead atoms. The van der Waals surface area contributed by atoms with Gasteiger partial charge in [0.2, 0.25) is 5.91 Å². The highest BCUT2D eigenvalue weighted by atomic mass is 35.5. The number of rotatable bonds is 5. The van der Waals surface area contributed by atoms with E-state index in [2.05, 4.69) is 15.5 Å². The summed E-state index contributed by atoms with van der Waals surface area (Å²) in [4.78, 5) is 13.9. The lowest BCUT2D eigenvalue weighted by Crippen LogP contribution is -2.46. The summed E-state index contributed by atoms with van der Waals surface area (Å²) >= 11 is 0. The van der Waals surface area contributed by atoms with Gasteiger partial charge in [-0.3, -0.25) is 9.69 Å². The van der Waals surface area contributed by atoms with E-state index in [9.17, 15) is 4.79 Å². The first-order valence-corrected chi connectivity index (χ1v) is 6.54. The molecule has 1 saturated heterocycles. The van der Waals surface area contributed by atoms with Crippen LogP contribution in [0.3, 0.4) is 0 Å². The van der Waals surface area contributed by atoms with Crippen molar-refractivity contribution in [2.24, 2.45) is 5.92 Å². The van der Waals surface area contributed by atoms with Crippen LogP contribution in [0, 0.1) is 5.92 Å². The van der Waals surface area contributed by atoms with Crippen LogP contribution in [0.5, 0.6) is 0 Å². The zero-order chi connectivity index (χ0) is 11.2. The molecule has 2 fully saturated rings. The zero-order valence-corrected chi connectivity index (χ0v) is 11.2. The summed E-state index contributed by atoms with van der Waals surface area (Å²) < 4.78 is 0. The topological polar surface area (TPSA) is 44.4 Å². The Bertz CT molecular complexity index is 228. The maximum absolute atomic E-state index is 11.5. The molecule has 1 saturated carbocycles. The fraction of sp³-hybridized carbons (Fsp3) is 0.917. The van der Waals surface area contributed by atoms with Gasteiger partial charge < -0.3 is 10.6 Å². The van der Waals surface area contributed by atoms with Crippen LogP contribution in [-0.2, 0) is 4.79 Å². The van der Waals surface area contributed by atoms with Crippen LogP contribution >= 0.6 is 12.4 Å². The molecule has 4 nitrogen and oxygen atoms in total. The molecule has 0 spiro atoms. The van der Waals surface area contributed by atoms with Crippen molar-refractivity contribution in [3.8, 4) is 0 Å². The molecular weight excluding hydrogens is 238 g/mol. The number of carbonyl (C=O) groups excluding carboxylic acids is 1. The molecule has 0 aromatic heterocycles. The van der Waals surface area contributed by atoms with Gasteiger partial charge in [-0.15, -0.1) is 12.4 Å². The van der Waals surface area contributed by atoms with E-state index in [-0.39, 0.29) is 18.3 Å². The van der Waals surface area contributed by atoms with Gasteiger partial charge in [0, 0.05) is 45.7 Å². The van der Waals surface area contributed by atoms with Gasteiger partial charge in [-0.05, 0) is 18.8 Å². The summed E-state index contributed by atoms with van der Waals surface area (Å²) in [6.07, 6.45) is 4.58. The molecule has 0 atom stereocenters. The van der Waals surface area contributed by atoms with Crippen LogP contribution < -0.4 is 10.6 Å². The molecule has 2 aliphatic rings. The van der Waals surface area contributed by atoms with Crippen LogP contribution in [-0.4, -0.2) is 50.1 Å². The van der Waals surface area contributed by atoms with E-state index in [1.54, 1.807) is 0 Å². The first-order valence-electron chi connectivity index (χ1n) is 6.54. The van der Waals surface area contributed by atoms with E-state index in [0.717, 1.165) is 45.7 Å². The molecule has 2 N–H and O–H groups in total. The third-order valence-corrected chi connectivity index (χ3v) is 3.66. The van der Waals surface area contributed by atoms with E-state index in [4.69, 9.17) is 0 Å². The van der Waals surface area contributed by atoms with Crippen molar-refractivity contribution in [2.75, 3.05) is 39.3 Å². The Balaban J connectivity index is 0.00000144. The molecule has 100 valence electrons. The number of hydrogen-bond acceptors (Lipinski definition) is 3. The Hall–Kier alpha value is -0.320. The Morgan fingerprint density at radius 3 is 2.59 bits per heavy atom. The fourth-order valence-electron chi connectivity index (χ4n) is 2.32. The predicted molar refractivity (Wildman–Crippen MR) is 71.5 cm³/mol. The van der Waals surface area contributed by atoms with Crippen molar-refractivity contribution in [2.45, 2.75) is 25.7 Å². The largest absolute Gasteiger partial charge is 0.355 e. The second-order valence-electron chi connectivity index (χ2n) is 4.94. The number of amides is 1. The van der Waals surface area contributed by atoms with Crippen molar-refractivity contribution in [3.63, 3.8) is 0 Å². The molecule has 1 amide bonds. The van der Waals surface area contributed by atoms with Gasteiger partial charge in [0.1, 0.15) is 0 Å². The molecular formula is C12H24ClN3O. The summed E-state index contributed by atoms with van der Waals surface area (Å²) in [6.45, 7) is 6.19. The smallest absolute Gasteiger partial charge is 0.220 e. The van der Waals surface area contributed by atoms with Crippen molar-refractivity contribution in [1.29, 1.82) is 0 Å². The first-order chi connectivity index (χ1) is 7.84. The molecule has 17 heavy (non-hydrogen) atoms. The third-order valence-electron chi connectivity index (χ3n) is 3.66. The molecule has 0 radical (unpaired) electrons. The molecule has 5 heteroatoms. The minimum atomic E-state index is 0. The first kappa shape index (κ1) is 14.7. The second-order valence-corrected chi connectivity index (χ2v) is 4.94. The van der Waals surface area contributed by atoms with Crippen LogP contribution in [0.1, 0.15) is 25.7 Å². The minimum Gasteiger partial charge on any atom is -0.355 e. The van der Waals surface area contributed by atoms with E-state index in [0.29, 0.717) is 5.92 Å². The van der Waals surface area contributed by atoms with Crippen LogP contribution in [0.15, 0.2) is 0 Å². The zero-order valence-electron chi connectivity index (χ0n) is 10.4. The average Bonchev–Trinajstić information content (AvgIpc) is 2.25. The van der Waals surface area contributed by atoms with Crippen LogP contribution in [0.2, 0.25) is 0 Å². The number of piperazine rings is 1. The molecule has 1 aliphatic heterocycles. The number of nitrogens with zero attached hydrogens (tertiary/aromatic N) is 1. The maximum atomic E-state index is 11.5. The highest BCUT2D eigenvalue weighted by molar-refractivity contribution is 5.85. The highest BCUT2D eigenvalue weighted by Gasteiger charge is 2.20. The molecule has 0 aromatic rings. The fourth-order valence-corrected chi connectivity index (χ4v) is 2.32. The number of hydrogen-bond donors (Lipinski definition) is 2. The monoisotopic (exact) mass is 261 g/mol. The molecule has 0 unspecified atom stereocenters. The lowest BCUT2D eigenvalue weighted by Gasteiger charge is -2.27. The van der Waals surface area contributed by atoms with E-state index < -0.39 is 0 Å². The lowest BCUT2D eigenvalue weighted by atomic mass is 9.83. The SMILES string of the molecule is Cl.O=C(CC1CCC1)NCCN1CCNCC1. The van der Waals surface area contributed by atoms with Gasteiger partial charge in [0.05, 0.1) is 0 Å². The summed E-state index contributed by atoms with van der Waals surface area (Å²) in [5.41, 5.74) is 0. The Labute approximate surface area is 110 Å². The van der Waals surface area contributed by atoms with Crippen molar-refractivity contribution in [1.82, 2.24) is 15.5 Å². The van der Waals surface area contributed by atoms with Gasteiger partial charge in [-0.1, -0.05) is 6.42 Å². The predicted octanol–water partition coefficient (Wildman–Crippen LogP) is 0.620. The lowest BCUT2D eigenvalue weighted by molar-refractivity contribution is -0.122. The number of halogens is 1. The third kappa shape index (κ3) is 5.23. The van der Waals surface area contributed by atoms with Gasteiger partial charge >= 0.3 is 0 Å². The second kappa shape index (κ2) is 7.90. The van der Waals surface area contributed by atoms with Gasteiger partial charge in [-0.25, -0.2) is 0 Å². The summed E-state index contributed by atoms with van der Waals surface area (Å²) in [6, 6.07) is 0. The van der Waals surface area contributed by atoms with Crippen molar-refractivity contribution >= 4 is 18.3 Å². The van der Waals surface area contributed by atoms with E-state index >= 15 is 0 Å². The van der Waals surface area contributed by atoms with Crippen molar-refractivity contribution in [3.05, 3.63) is 0 Å². The average molecular weight is 262 g/mol. The highest BCUT2D eigenvalue weighted by Crippen LogP contribution is 2.28. The number of carbonyl (C=O) groups is 1. The van der Waals surface area contributed by atoms with E-state index in [1.165, 1.54) is 19.3 Å². The Morgan fingerprint density at radius 1 is 1.29 bits per heavy atom. The summed E-state index contributed by atoms with van der Waals surface area (Å²) in [5.74, 6) is 0.930. The molecule has 1 aliphatic carbocycles. The maximum Gasteiger partial charge on any atom is 0.220 e.